The fourth-order valence-corrected chi connectivity index (χ4v) is 0.758. The van der Waals surface area contributed by atoms with Gasteiger partial charge in [-0.15, -0.1) is 0 Å². The van der Waals surface area contributed by atoms with Crippen LogP contribution in [0.4, 0.5) is 0 Å². The van der Waals surface area contributed by atoms with Gasteiger partial charge in [0.25, 0.3) is 0 Å². The molecule has 0 atom stereocenters. The minimum absolute atomic E-state index is 0.131. The van der Waals surface area contributed by atoms with Crippen LogP contribution in [0.3, 0.4) is 0 Å². The van der Waals surface area contributed by atoms with Gasteiger partial charge in [0, 0.05) is 13.0 Å². The molecule has 1 amide bonds. The summed E-state index contributed by atoms with van der Waals surface area (Å²) in [6.07, 6.45) is 1.59. The molecule has 0 aliphatic rings. The van der Waals surface area contributed by atoms with Crippen molar-refractivity contribution in [1.29, 1.82) is 0 Å². The molecule has 1 N–H and O–H groups in total. The summed E-state index contributed by atoms with van der Waals surface area (Å²) in [6, 6.07) is 0. The average Bonchev–Trinajstić information content (AvgIpc) is 1.96. The van der Waals surface area contributed by atoms with E-state index >= 15 is 0 Å². The molecule has 0 rings (SSSR count). The molecule has 0 aromatic carbocycles. The number of rotatable bonds is 5. The number of carbonyl (C=O) groups is 1. The second-order valence-corrected chi connectivity index (χ2v) is 3.67. The first-order valence-electron chi connectivity index (χ1n) is 4.43. The maximum absolute atomic E-state index is 11.1. The van der Waals surface area contributed by atoms with E-state index in [-0.39, 0.29) is 5.91 Å². The zero-order valence-corrected chi connectivity index (χ0v) is 8.31. The van der Waals surface area contributed by atoms with Gasteiger partial charge in [-0.1, -0.05) is 26.0 Å². The molecule has 0 fully saturated rings. The van der Waals surface area contributed by atoms with Crippen molar-refractivity contribution < 1.29 is 4.79 Å². The molecule has 0 radical (unpaired) electrons. The van der Waals surface area contributed by atoms with Crippen LogP contribution in [0.5, 0.6) is 0 Å². The van der Waals surface area contributed by atoms with E-state index < -0.39 is 0 Å². The van der Waals surface area contributed by atoms with E-state index in [4.69, 9.17) is 0 Å². The van der Waals surface area contributed by atoms with Crippen LogP contribution in [0.25, 0.3) is 0 Å². The quantitative estimate of drug-likeness (QED) is 0.627. The van der Waals surface area contributed by atoms with Gasteiger partial charge in [-0.25, -0.2) is 0 Å². The lowest BCUT2D eigenvalue weighted by molar-refractivity contribution is -0.121. The first kappa shape index (κ1) is 11.2. The van der Waals surface area contributed by atoms with Gasteiger partial charge < -0.3 is 5.32 Å². The Morgan fingerprint density at radius 2 is 2.08 bits per heavy atom. The van der Waals surface area contributed by atoms with E-state index in [1.54, 1.807) is 0 Å². The number of carbonyl (C=O) groups excluding carboxylic acids is 1. The molecular weight excluding hydrogens is 150 g/mol. The Kier molecular flexibility index (Phi) is 5.43. The number of hydrogen-bond acceptors (Lipinski definition) is 1. The van der Waals surface area contributed by atoms with Crippen LogP contribution in [0, 0.1) is 5.92 Å². The van der Waals surface area contributed by atoms with E-state index in [1.165, 1.54) is 0 Å². The molecule has 0 spiro atoms. The predicted octanol–water partition coefficient (Wildman–Crippen LogP) is 2.11. The summed E-state index contributed by atoms with van der Waals surface area (Å²) >= 11 is 0. The van der Waals surface area contributed by atoms with Crippen LogP contribution in [-0.4, -0.2) is 12.5 Å². The molecule has 70 valence electrons. The third-order valence-corrected chi connectivity index (χ3v) is 1.54. The monoisotopic (exact) mass is 169 g/mol. The maximum Gasteiger partial charge on any atom is 0.220 e. The standard InChI is InChI=1S/C10H19NO/c1-8(2)5-6-10(12)11-7-9(3)4/h8H,3,5-7H2,1-2,4H3,(H,11,12). The number of hydrogen-bond donors (Lipinski definition) is 1. The van der Waals surface area contributed by atoms with Gasteiger partial charge in [0.05, 0.1) is 0 Å². The van der Waals surface area contributed by atoms with Crippen LogP contribution in [0.15, 0.2) is 12.2 Å². The Balaban J connectivity index is 3.40. The largest absolute Gasteiger partial charge is 0.352 e. The molecule has 0 aliphatic heterocycles. The average molecular weight is 169 g/mol. The fourth-order valence-electron chi connectivity index (χ4n) is 0.758. The van der Waals surface area contributed by atoms with Crippen molar-refractivity contribution in [2.24, 2.45) is 5.92 Å². The second kappa shape index (κ2) is 5.81. The molecule has 0 saturated carbocycles. The van der Waals surface area contributed by atoms with Crippen LogP contribution < -0.4 is 5.32 Å². The van der Waals surface area contributed by atoms with Crippen LogP contribution in [-0.2, 0) is 4.79 Å². The minimum atomic E-state index is 0.131. The Bertz CT molecular complexity index is 161. The van der Waals surface area contributed by atoms with Gasteiger partial charge in [0.15, 0.2) is 0 Å². The molecule has 2 nitrogen and oxygen atoms in total. The van der Waals surface area contributed by atoms with Crippen molar-refractivity contribution in [2.75, 3.05) is 6.54 Å². The normalized spacial score (nSPS) is 10.0. The molecule has 0 heterocycles. The summed E-state index contributed by atoms with van der Waals surface area (Å²) in [4.78, 5) is 11.1. The zero-order chi connectivity index (χ0) is 9.56. The first-order valence-corrected chi connectivity index (χ1v) is 4.43. The first-order chi connectivity index (χ1) is 5.52. The Morgan fingerprint density at radius 3 is 2.50 bits per heavy atom. The highest BCUT2D eigenvalue weighted by Gasteiger charge is 2.01. The van der Waals surface area contributed by atoms with Gasteiger partial charge in [0.2, 0.25) is 5.91 Å². The lowest BCUT2D eigenvalue weighted by Gasteiger charge is -2.05. The highest BCUT2D eigenvalue weighted by Crippen LogP contribution is 2.02. The summed E-state index contributed by atoms with van der Waals surface area (Å²) in [5.74, 6) is 0.729. The molecular formula is C10H19NO. The van der Waals surface area contributed by atoms with Gasteiger partial charge >= 0.3 is 0 Å². The van der Waals surface area contributed by atoms with Crippen LogP contribution in [0.2, 0.25) is 0 Å². The molecule has 0 aliphatic carbocycles. The third-order valence-electron chi connectivity index (χ3n) is 1.54. The molecule has 0 saturated heterocycles. The smallest absolute Gasteiger partial charge is 0.220 e. The van der Waals surface area contributed by atoms with Crippen molar-refractivity contribution in [2.45, 2.75) is 33.6 Å². The second-order valence-electron chi connectivity index (χ2n) is 3.67. The van der Waals surface area contributed by atoms with E-state index in [9.17, 15) is 4.79 Å². The minimum Gasteiger partial charge on any atom is -0.352 e. The van der Waals surface area contributed by atoms with E-state index in [0.29, 0.717) is 18.9 Å². The molecule has 0 unspecified atom stereocenters. The highest BCUT2D eigenvalue weighted by atomic mass is 16.1. The van der Waals surface area contributed by atoms with Crippen molar-refractivity contribution >= 4 is 5.91 Å². The summed E-state index contributed by atoms with van der Waals surface area (Å²) in [5.41, 5.74) is 0.993. The molecule has 12 heavy (non-hydrogen) atoms. The van der Waals surface area contributed by atoms with Gasteiger partial charge in [-0.05, 0) is 19.3 Å². The summed E-state index contributed by atoms with van der Waals surface area (Å²) in [5, 5.41) is 2.80. The Hall–Kier alpha value is -0.790. The summed E-state index contributed by atoms with van der Waals surface area (Å²) in [7, 11) is 0. The SMILES string of the molecule is C=C(C)CNC(=O)CCC(C)C. The van der Waals surface area contributed by atoms with Crippen LogP contribution in [0.1, 0.15) is 33.6 Å². The zero-order valence-electron chi connectivity index (χ0n) is 8.31. The maximum atomic E-state index is 11.1. The van der Waals surface area contributed by atoms with Gasteiger partial charge in [0.1, 0.15) is 0 Å². The topological polar surface area (TPSA) is 29.1 Å². The highest BCUT2D eigenvalue weighted by molar-refractivity contribution is 5.76. The summed E-state index contributed by atoms with van der Waals surface area (Å²) < 4.78 is 0. The van der Waals surface area contributed by atoms with Crippen molar-refractivity contribution in [3.05, 3.63) is 12.2 Å². The van der Waals surface area contributed by atoms with E-state index in [0.717, 1.165) is 12.0 Å². The number of nitrogens with one attached hydrogen (secondary N) is 1. The van der Waals surface area contributed by atoms with Crippen LogP contribution >= 0.6 is 0 Å². The van der Waals surface area contributed by atoms with Crippen molar-refractivity contribution in [1.82, 2.24) is 5.32 Å². The van der Waals surface area contributed by atoms with Crippen molar-refractivity contribution in [3.63, 3.8) is 0 Å². The lowest BCUT2D eigenvalue weighted by atomic mass is 10.1. The van der Waals surface area contributed by atoms with Gasteiger partial charge in [-0.3, -0.25) is 4.79 Å². The summed E-state index contributed by atoms with van der Waals surface area (Å²) in [6.45, 7) is 10.5. The predicted molar refractivity (Wildman–Crippen MR) is 51.9 cm³/mol. The number of amides is 1. The molecule has 0 aromatic rings. The van der Waals surface area contributed by atoms with E-state index in [2.05, 4.69) is 25.7 Å². The molecule has 2 heteroatoms. The van der Waals surface area contributed by atoms with Crippen molar-refractivity contribution in [3.8, 4) is 0 Å². The molecule has 0 aromatic heterocycles. The van der Waals surface area contributed by atoms with Gasteiger partial charge in [-0.2, -0.15) is 0 Å². The third kappa shape index (κ3) is 7.32. The Morgan fingerprint density at radius 1 is 1.50 bits per heavy atom. The fraction of sp³-hybridized carbons (Fsp3) is 0.700. The molecule has 0 bridgehead atoms. The lowest BCUT2D eigenvalue weighted by Crippen LogP contribution is -2.24. The Labute approximate surface area is 75.0 Å². The van der Waals surface area contributed by atoms with E-state index in [1.807, 2.05) is 6.92 Å².